The Balaban J connectivity index is 2.00. The third kappa shape index (κ3) is 2.03. The number of carbonyl (C=O) groups is 1. The molecule has 0 saturated heterocycles. The lowest BCUT2D eigenvalue weighted by Crippen LogP contribution is -2.11. The molecule has 1 saturated carbocycles. The first-order chi connectivity index (χ1) is 6.90. The number of hydrogen-bond donors (Lipinski definition) is 0. The van der Waals surface area contributed by atoms with Crippen molar-refractivity contribution in [3.05, 3.63) is 35.9 Å². The normalized spacial score (nSPS) is 26.3. The van der Waals surface area contributed by atoms with Gasteiger partial charge in [0.25, 0.3) is 0 Å². The van der Waals surface area contributed by atoms with Gasteiger partial charge in [0, 0.05) is 5.92 Å². The van der Waals surface area contributed by atoms with Crippen molar-refractivity contribution in [2.45, 2.75) is 25.7 Å². The highest BCUT2D eigenvalue weighted by molar-refractivity contribution is 5.54. The molecule has 1 heteroatoms. The molecular weight excluding hydrogens is 172 g/mol. The van der Waals surface area contributed by atoms with E-state index in [0.29, 0.717) is 11.8 Å². The largest absolute Gasteiger partial charge is 0.303 e. The van der Waals surface area contributed by atoms with E-state index in [1.807, 2.05) is 6.07 Å². The average molecular weight is 188 g/mol. The second kappa shape index (κ2) is 4.41. The van der Waals surface area contributed by atoms with Crippen molar-refractivity contribution in [2.24, 2.45) is 11.8 Å². The molecule has 1 aromatic carbocycles. The molecule has 0 amide bonds. The smallest absolute Gasteiger partial charge is 0.123 e. The molecule has 0 N–H and O–H groups in total. The maximum Gasteiger partial charge on any atom is 0.123 e. The summed E-state index contributed by atoms with van der Waals surface area (Å²) in [5.41, 5.74) is 1.37. The Morgan fingerprint density at radius 3 is 2.71 bits per heavy atom. The van der Waals surface area contributed by atoms with Crippen LogP contribution in [0.3, 0.4) is 0 Å². The zero-order valence-corrected chi connectivity index (χ0v) is 8.36. The minimum Gasteiger partial charge on any atom is -0.303 e. The zero-order valence-electron chi connectivity index (χ0n) is 8.36. The number of benzene rings is 1. The maximum atomic E-state index is 10.8. The van der Waals surface area contributed by atoms with Gasteiger partial charge < -0.3 is 4.79 Å². The molecular formula is C13H16O. The predicted octanol–water partition coefficient (Wildman–Crippen LogP) is 2.84. The van der Waals surface area contributed by atoms with Crippen molar-refractivity contribution < 1.29 is 4.79 Å². The van der Waals surface area contributed by atoms with Crippen molar-refractivity contribution in [3.8, 4) is 0 Å². The van der Waals surface area contributed by atoms with Gasteiger partial charge in [-0.1, -0.05) is 36.8 Å². The SMILES string of the molecule is O=CC1CCCC1Cc1ccccc1. The topological polar surface area (TPSA) is 17.1 Å². The molecule has 1 fully saturated rings. The van der Waals surface area contributed by atoms with E-state index in [-0.39, 0.29) is 0 Å². The van der Waals surface area contributed by atoms with Gasteiger partial charge in [-0.15, -0.1) is 0 Å². The number of carbonyl (C=O) groups excluding carboxylic acids is 1. The Labute approximate surface area is 85.1 Å². The molecule has 1 aliphatic rings. The van der Waals surface area contributed by atoms with Crippen LogP contribution >= 0.6 is 0 Å². The molecule has 74 valence electrons. The fourth-order valence-electron chi connectivity index (χ4n) is 2.41. The van der Waals surface area contributed by atoms with Crippen LogP contribution in [0.25, 0.3) is 0 Å². The van der Waals surface area contributed by atoms with Crippen LogP contribution < -0.4 is 0 Å². The fraction of sp³-hybridized carbons (Fsp3) is 0.462. The van der Waals surface area contributed by atoms with Gasteiger partial charge in [-0.3, -0.25) is 0 Å². The molecule has 1 aliphatic carbocycles. The van der Waals surface area contributed by atoms with E-state index in [0.717, 1.165) is 19.1 Å². The Morgan fingerprint density at radius 1 is 1.21 bits per heavy atom. The van der Waals surface area contributed by atoms with Crippen molar-refractivity contribution in [2.75, 3.05) is 0 Å². The summed E-state index contributed by atoms with van der Waals surface area (Å²) in [6.07, 6.45) is 5.77. The molecule has 2 atom stereocenters. The van der Waals surface area contributed by atoms with Crippen molar-refractivity contribution in [1.82, 2.24) is 0 Å². The Morgan fingerprint density at radius 2 is 2.00 bits per heavy atom. The Bertz CT molecular complexity index is 291. The third-order valence-electron chi connectivity index (χ3n) is 3.23. The number of hydrogen-bond acceptors (Lipinski definition) is 1. The fourth-order valence-corrected chi connectivity index (χ4v) is 2.41. The molecule has 0 aliphatic heterocycles. The lowest BCUT2D eigenvalue weighted by Gasteiger charge is -2.13. The third-order valence-corrected chi connectivity index (χ3v) is 3.23. The van der Waals surface area contributed by atoms with Gasteiger partial charge in [-0.25, -0.2) is 0 Å². The summed E-state index contributed by atoms with van der Waals surface area (Å²) in [5, 5.41) is 0. The molecule has 1 nitrogen and oxygen atoms in total. The summed E-state index contributed by atoms with van der Waals surface area (Å²) in [5.74, 6) is 0.908. The van der Waals surface area contributed by atoms with Crippen molar-refractivity contribution >= 4 is 6.29 Å². The van der Waals surface area contributed by atoms with Crippen molar-refractivity contribution in [3.63, 3.8) is 0 Å². The lowest BCUT2D eigenvalue weighted by molar-refractivity contribution is -0.111. The van der Waals surface area contributed by atoms with E-state index in [9.17, 15) is 4.79 Å². The summed E-state index contributed by atoms with van der Waals surface area (Å²) in [6, 6.07) is 10.5. The van der Waals surface area contributed by atoms with E-state index < -0.39 is 0 Å². The standard InChI is InChI=1S/C13H16O/c14-10-13-8-4-7-12(13)9-11-5-2-1-3-6-11/h1-3,5-6,10,12-13H,4,7-9H2. The van der Waals surface area contributed by atoms with Gasteiger partial charge in [0.05, 0.1) is 0 Å². The molecule has 0 bridgehead atoms. The van der Waals surface area contributed by atoms with E-state index >= 15 is 0 Å². The summed E-state index contributed by atoms with van der Waals surface area (Å²) in [6.45, 7) is 0. The van der Waals surface area contributed by atoms with Gasteiger partial charge in [0.2, 0.25) is 0 Å². The van der Waals surface area contributed by atoms with E-state index in [4.69, 9.17) is 0 Å². The van der Waals surface area contributed by atoms with Crippen LogP contribution in [0, 0.1) is 11.8 Å². The van der Waals surface area contributed by atoms with Crippen LogP contribution in [0.5, 0.6) is 0 Å². The van der Waals surface area contributed by atoms with Gasteiger partial charge in [0.15, 0.2) is 0 Å². The molecule has 0 radical (unpaired) electrons. The molecule has 0 spiro atoms. The Kier molecular flexibility index (Phi) is 2.97. The predicted molar refractivity (Wildman–Crippen MR) is 57.0 cm³/mol. The summed E-state index contributed by atoms with van der Waals surface area (Å²) in [4.78, 5) is 10.8. The molecule has 14 heavy (non-hydrogen) atoms. The van der Waals surface area contributed by atoms with Crippen molar-refractivity contribution in [1.29, 1.82) is 0 Å². The molecule has 2 unspecified atom stereocenters. The van der Waals surface area contributed by atoms with Gasteiger partial charge >= 0.3 is 0 Å². The molecule has 0 aromatic heterocycles. The second-order valence-electron chi connectivity index (χ2n) is 4.18. The molecule has 1 aromatic rings. The summed E-state index contributed by atoms with van der Waals surface area (Å²) < 4.78 is 0. The first-order valence-corrected chi connectivity index (χ1v) is 5.39. The molecule has 0 heterocycles. The van der Waals surface area contributed by atoms with Crippen LogP contribution in [-0.2, 0) is 11.2 Å². The Hall–Kier alpha value is -1.11. The van der Waals surface area contributed by atoms with E-state index in [1.165, 1.54) is 18.4 Å². The van der Waals surface area contributed by atoms with Gasteiger partial charge in [-0.05, 0) is 30.7 Å². The van der Waals surface area contributed by atoms with Crippen LogP contribution in [0.1, 0.15) is 24.8 Å². The van der Waals surface area contributed by atoms with E-state index in [2.05, 4.69) is 24.3 Å². The highest BCUT2D eigenvalue weighted by Crippen LogP contribution is 2.32. The summed E-state index contributed by atoms with van der Waals surface area (Å²) >= 11 is 0. The quantitative estimate of drug-likeness (QED) is 0.667. The average Bonchev–Trinajstić information content (AvgIpc) is 2.67. The minimum absolute atomic E-state index is 0.315. The first-order valence-electron chi connectivity index (χ1n) is 5.39. The monoisotopic (exact) mass is 188 g/mol. The highest BCUT2D eigenvalue weighted by atomic mass is 16.1. The van der Waals surface area contributed by atoms with Crippen LogP contribution in [0.2, 0.25) is 0 Å². The minimum atomic E-state index is 0.315. The number of rotatable bonds is 3. The lowest BCUT2D eigenvalue weighted by atomic mass is 9.91. The summed E-state index contributed by atoms with van der Waals surface area (Å²) in [7, 11) is 0. The zero-order chi connectivity index (χ0) is 9.80. The van der Waals surface area contributed by atoms with Crippen LogP contribution in [0.4, 0.5) is 0 Å². The van der Waals surface area contributed by atoms with Gasteiger partial charge in [0.1, 0.15) is 6.29 Å². The maximum absolute atomic E-state index is 10.8. The number of aldehydes is 1. The highest BCUT2D eigenvalue weighted by Gasteiger charge is 2.26. The van der Waals surface area contributed by atoms with Crippen LogP contribution in [0.15, 0.2) is 30.3 Å². The van der Waals surface area contributed by atoms with E-state index in [1.54, 1.807) is 0 Å². The van der Waals surface area contributed by atoms with Gasteiger partial charge in [-0.2, -0.15) is 0 Å². The first kappa shape index (κ1) is 9.45. The second-order valence-corrected chi connectivity index (χ2v) is 4.18. The van der Waals surface area contributed by atoms with Crippen LogP contribution in [-0.4, -0.2) is 6.29 Å². The molecule has 2 rings (SSSR count).